The van der Waals surface area contributed by atoms with Crippen molar-refractivity contribution >= 4 is 0 Å². The standard InChI is InChI=1S/C8H7NO.C7H5NO/c1-7-4-2-3-5-8(7)10-6-9;8-6-9-7-4-2-1-3-5-7/h2-5H,1H3;1-5H. The molecule has 0 N–H and O–H groups in total. The molecule has 2 aromatic rings. The Labute approximate surface area is 112 Å². The summed E-state index contributed by atoms with van der Waals surface area (Å²) < 4.78 is 9.15. The molecule has 0 amide bonds. The van der Waals surface area contributed by atoms with Crippen molar-refractivity contribution in [3.05, 3.63) is 60.2 Å². The molecule has 94 valence electrons. The molecule has 2 aromatic carbocycles. The zero-order valence-electron chi connectivity index (χ0n) is 10.4. The van der Waals surface area contributed by atoms with Crippen LogP contribution in [0.3, 0.4) is 0 Å². The number of benzene rings is 2. The maximum absolute atomic E-state index is 8.17. The highest BCUT2D eigenvalue weighted by Crippen LogP contribution is 2.15. The molecule has 0 aliphatic carbocycles. The smallest absolute Gasteiger partial charge is 0.292 e. The molecule has 0 spiro atoms. The lowest BCUT2D eigenvalue weighted by molar-refractivity contribution is 0.503. The van der Waals surface area contributed by atoms with Gasteiger partial charge in [-0.2, -0.15) is 0 Å². The highest BCUT2D eigenvalue weighted by atomic mass is 16.5. The van der Waals surface area contributed by atoms with Crippen molar-refractivity contribution in [3.8, 4) is 24.0 Å². The fourth-order valence-corrected chi connectivity index (χ4v) is 1.26. The first-order chi connectivity index (χ1) is 9.27. The number of nitrogens with zero attached hydrogens (tertiary/aromatic N) is 2. The number of rotatable bonds is 2. The molecule has 4 nitrogen and oxygen atoms in total. The van der Waals surface area contributed by atoms with Gasteiger partial charge in [-0.05, 0) is 30.7 Å². The van der Waals surface area contributed by atoms with Crippen LogP contribution in [0.5, 0.6) is 11.5 Å². The van der Waals surface area contributed by atoms with E-state index in [4.69, 9.17) is 10.5 Å². The van der Waals surface area contributed by atoms with E-state index in [1.54, 1.807) is 30.7 Å². The molecule has 0 radical (unpaired) electrons. The molecular weight excluding hydrogens is 240 g/mol. The van der Waals surface area contributed by atoms with Crippen molar-refractivity contribution < 1.29 is 9.47 Å². The number of hydrogen-bond acceptors (Lipinski definition) is 4. The molecule has 0 bridgehead atoms. The molecule has 0 fully saturated rings. The van der Waals surface area contributed by atoms with Crippen molar-refractivity contribution in [2.45, 2.75) is 6.92 Å². The van der Waals surface area contributed by atoms with Crippen LogP contribution in [-0.4, -0.2) is 0 Å². The van der Waals surface area contributed by atoms with Gasteiger partial charge in [-0.15, -0.1) is 10.5 Å². The number of hydrogen-bond donors (Lipinski definition) is 0. The van der Waals surface area contributed by atoms with E-state index >= 15 is 0 Å². The Morgan fingerprint density at radius 1 is 0.789 bits per heavy atom. The highest BCUT2D eigenvalue weighted by Gasteiger charge is 1.94. The lowest BCUT2D eigenvalue weighted by atomic mass is 10.2. The third kappa shape index (κ3) is 5.25. The maximum Gasteiger partial charge on any atom is 0.292 e. The summed E-state index contributed by atoms with van der Waals surface area (Å²) in [4.78, 5) is 0. The largest absolute Gasteiger partial charge is 0.388 e. The topological polar surface area (TPSA) is 66.0 Å². The quantitative estimate of drug-likeness (QED) is 0.768. The number of aryl methyl sites for hydroxylation is 1. The van der Waals surface area contributed by atoms with Gasteiger partial charge in [0.1, 0.15) is 11.5 Å². The van der Waals surface area contributed by atoms with Gasteiger partial charge in [0.25, 0.3) is 12.5 Å². The van der Waals surface area contributed by atoms with Gasteiger partial charge in [0.15, 0.2) is 0 Å². The van der Waals surface area contributed by atoms with Crippen LogP contribution < -0.4 is 9.47 Å². The third-order valence-corrected chi connectivity index (χ3v) is 2.16. The van der Waals surface area contributed by atoms with Crippen LogP contribution in [0.1, 0.15) is 5.56 Å². The molecular formula is C15H12N2O2. The Morgan fingerprint density at radius 2 is 1.37 bits per heavy atom. The van der Waals surface area contributed by atoms with E-state index in [0.29, 0.717) is 11.5 Å². The van der Waals surface area contributed by atoms with Gasteiger partial charge in [0.2, 0.25) is 0 Å². The van der Waals surface area contributed by atoms with Gasteiger partial charge in [0.05, 0.1) is 0 Å². The van der Waals surface area contributed by atoms with E-state index in [2.05, 4.69) is 9.47 Å². The fourth-order valence-electron chi connectivity index (χ4n) is 1.26. The van der Waals surface area contributed by atoms with Crippen LogP contribution in [0.25, 0.3) is 0 Å². The van der Waals surface area contributed by atoms with Gasteiger partial charge < -0.3 is 9.47 Å². The lowest BCUT2D eigenvalue weighted by Gasteiger charge is -1.97. The number of para-hydroxylation sites is 2. The predicted molar refractivity (Wildman–Crippen MR) is 70.1 cm³/mol. The molecule has 0 saturated heterocycles. The molecule has 0 saturated carbocycles. The zero-order valence-corrected chi connectivity index (χ0v) is 10.4. The Balaban J connectivity index is 0.000000191. The Morgan fingerprint density at radius 3 is 1.95 bits per heavy atom. The van der Waals surface area contributed by atoms with E-state index in [0.717, 1.165) is 5.56 Å². The molecule has 4 heteroatoms. The summed E-state index contributed by atoms with van der Waals surface area (Å²) >= 11 is 0. The third-order valence-electron chi connectivity index (χ3n) is 2.16. The van der Waals surface area contributed by atoms with Gasteiger partial charge in [-0.25, -0.2) is 0 Å². The van der Waals surface area contributed by atoms with Crippen molar-refractivity contribution in [2.75, 3.05) is 0 Å². The molecule has 0 aromatic heterocycles. The summed E-state index contributed by atoms with van der Waals surface area (Å²) in [7, 11) is 0. The van der Waals surface area contributed by atoms with Crippen LogP contribution in [-0.2, 0) is 0 Å². The Kier molecular flexibility index (Phi) is 6.05. The van der Waals surface area contributed by atoms with Crippen molar-refractivity contribution in [3.63, 3.8) is 0 Å². The Bertz CT molecular complexity index is 583. The minimum Gasteiger partial charge on any atom is -0.388 e. The SMILES string of the molecule is Cc1ccccc1OC#N.N#COc1ccccc1. The van der Waals surface area contributed by atoms with Crippen LogP contribution in [0, 0.1) is 30.0 Å². The average Bonchev–Trinajstić information content (AvgIpc) is 2.44. The van der Waals surface area contributed by atoms with Crippen molar-refractivity contribution in [1.29, 1.82) is 10.5 Å². The van der Waals surface area contributed by atoms with Crippen LogP contribution >= 0.6 is 0 Å². The summed E-state index contributed by atoms with van der Waals surface area (Å²) in [5.74, 6) is 1.21. The molecule has 2 rings (SSSR count). The zero-order chi connectivity index (χ0) is 13.9. The fraction of sp³-hybridized carbons (Fsp3) is 0.0667. The minimum atomic E-state index is 0.583. The average molecular weight is 252 g/mol. The second-order valence-corrected chi connectivity index (χ2v) is 3.47. The van der Waals surface area contributed by atoms with Crippen LogP contribution in [0.15, 0.2) is 54.6 Å². The van der Waals surface area contributed by atoms with Crippen LogP contribution in [0.4, 0.5) is 0 Å². The number of ether oxygens (including phenoxy) is 2. The van der Waals surface area contributed by atoms with E-state index in [-0.39, 0.29) is 0 Å². The monoisotopic (exact) mass is 252 g/mol. The van der Waals surface area contributed by atoms with Crippen molar-refractivity contribution in [2.24, 2.45) is 0 Å². The summed E-state index contributed by atoms with van der Waals surface area (Å²) in [5.41, 5.74) is 0.976. The molecule has 0 aliphatic rings. The highest BCUT2D eigenvalue weighted by molar-refractivity contribution is 5.32. The van der Waals surface area contributed by atoms with E-state index < -0.39 is 0 Å². The van der Waals surface area contributed by atoms with Crippen molar-refractivity contribution in [1.82, 2.24) is 0 Å². The van der Waals surface area contributed by atoms with Gasteiger partial charge in [-0.3, -0.25) is 0 Å². The molecule has 0 unspecified atom stereocenters. The normalized spacial score (nSPS) is 8.16. The van der Waals surface area contributed by atoms with E-state index in [1.165, 1.54) is 0 Å². The number of nitriles is 2. The summed E-state index contributed by atoms with van der Waals surface area (Å²) in [6.07, 6.45) is 3.21. The molecule has 19 heavy (non-hydrogen) atoms. The first-order valence-corrected chi connectivity index (χ1v) is 5.50. The first kappa shape index (κ1) is 14.1. The lowest BCUT2D eigenvalue weighted by Crippen LogP contribution is -1.83. The summed E-state index contributed by atoms with van der Waals surface area (Å²) in [5, 5.41) is 16.2. The van der Waals surface area contributed by atoms with Gasteiger partial charge in [-0.1, -0.05) is 36.4 Å². The predicted octanol–water partition coefficient (Wildman–Crippen LogP) is 3.40. The Hall–Kier alpha value is -2.98. The summed E-state index contributed by atoms with van der Waals surface area (Å²) in [6, 6.07) is 16.3. The maximum atomic E-state index is 8.17. The molecule has 0 atom stereocenters. The summed E-state index contributed by atoms with van der Waals surface area (Å²) in [6.45, 7) is 1.90. The van der Waals surface area contributed by atoms with Gasteiger partial charge in [0, 0.05) is 0 Å². The first-order valence-electron chi connectivity index (χ1n) is 5.50. The second kappa shape index (κ2) is 8.16. The van der Waals surface area contributed by atoms with Crippen LogP contribution in [0.2, 0.25) is 0 Å². The molecule has 0 heterocycles. The molecule has 0 aliphatic heterocycles. The van der Waals surface area contributed by atoms with E-state index in [1.807, 2.05) is 43.3 Å². The van der Waals surface area contributed by atoms with Gasteiger partial charge >= 0.3 is 0 Å². The minimum absolute atomic E-state index is 0.583. The second-order valence-electron chi connectivity index (χ2n) is 3.47. The van der Waals surface area contributed by atoms with E-state index in [9.17, 15) is 0 Å².